The average molecular weight is 328 g/mol. The van der Waals surface area contributed by atoms with Gasteiger partial charge in [-0.3, -0.25) is 4.79 Å². The number of hydrogen-bond donors (Lipinski definition) is 3. The fourth-order valence-electron chi connectivity index (χ4n) is 1.64. The largest absolute Gasteiger partial charge is 0.409 e. The molecule has 0 spiro atoms. The summed E-state index contributed by atoms with van der Waals surface area (Å²) in [5.74, 6) is -0.265. The van der Waals surface area contributed by atoms with Crippen LogP contribution in [0.2, 0.25) is 0 Å². The maximum absolute atomic E-state index is 12.3. The highest BCUT2D eigenvalue weighted by atomic mass is 79.9. The molecule has 0 radical (unpaired) electrons. The molecule has 1 unspecified atom stereocenters. The second-order valence-corrected chi connectivity index (χ2v) is 5.50. The third-order valence-electron chi connectivity index (χ3n) is 3.20. The number of aryl methyl sites for hydroxylation is 1. The lowest BCUT2D eigenvalue weighted by Gasteiger charge is -2.28. The summed E-state index contributed by atoms with van der Waals surface area (Å²) in [5, 5.41) is 14.6. The van der Waals surface area contributed by atoms with E-state index in [1.54, 1.807) is 19.1 Å². The smallest absolute Gasteiger partial charge is 0.252 e. The van der Waals surface area contributed by atoms with E-state index in [9.17, 15) is 4.79 Å². The van der Waals surface area contributed by atoms with Crippen LogP contribution < -0.4 is 11.1 Å². The molecule has 1 aromatic rings. The van der Waals surface area contributed by atoms with Crippen molar-refractivity contribution in [2.45, 2.75) is 32.7 Å². The maximum atomic E-state index is 12.3. The van der Waals surface area contributed by atoms with Gasteiger partial charge < -0.3 is 16.3 Å². The van der Waals surface area contributed by atoms with Gasteiger partial charge in [0.2, 0.25) is 0 Å². The van der Waals surface area contributed by atoms with Crippen LogP contribution in [-0.4, -0.2) is 22.5 Å². The minimum atomic E-state index is -0.870. The highest BCUT2D eigenvalue weighted by Gasteiger charge is 2.30. The zero-order valence-corrected chi connectivity index (χ0v) is 12.8. The monoisotopic (exact) mass is 327 g/mol. The van der Waals surface area contributed by atoms with Gasteiger partial charge in [0.1, 0.15) is 0 Å². The van der Waals surface area contributed by atoms with E-state index in [1.807, 2.05) is 19.9 Å². The van der Waals surface area contributed by atoms with Crippen LogP contribution in [0.3, 0.4) is 0 Å². The summed E-state index contributed by atoms with van der Waals surface area (Å²) in [4.78, 5) is 12.3. The first-order chi connectivity index (χ1) is 8.84. The van der Waals surface area contributed by atoms with Crippen molar-refractivity contribution in [3.8, 4) is 0 Å². The molecule has 1 amide bonds. The Hall–Kier alpha value is -1.56. The van der Waals surface area contributed by atoms with E-state index >= 15 is 0 Å². The summed E-state index contributed by atoms with van der Waals surface area (Å²) in [6.07, 6.45) is 0.518. The van der Waals surface area contributed by atoms with Gasteiger partial charge in [-0.15, -0.1) is 0 Å². The van der Waals surface area contributed by atoms with Gasteiger partial charge in [-0.2, -0.15) is 0 Å². The van der Waals surface area contributed by atoms with E-state index in [-0.39, 0.29) is 11.7 Å². The van der Waals surface area contributed by atoms with Crippen LogP contribution in [0, 0.1) is 6.92 Å². The van der Waals surface area contributed by atoms with Gasteiger partial charge in [0, 0.05) is 10.0 Å². The third kappa shape index (κ3) is 3.47. The number of nitrogens with one attached hydrogen (secondary N) is 1. The van der Waals surface area contributed by atoms with Crippen LogP contribution in [0.25, 0.3) is 0 Å². The van der Waals surface area contributed by atoms with E-state index in [0.29, 0.717) is 12.0 Å². The fourth-order valence-corrected chi connectivity index (χ4v) is 2.12. The quantitative estimate of drug-likeness (QED) is 0.343. The SMILES string of the molecule is CCC(C)(NC(=O)c1ccc(Br)cc1C)/C(N)=N/O. The number of carbonyl (C=O) groups excluding carboxylic acids is 1. The second-order valence-electron chi connectivity index (χ2n) is 4.58. The summed E-state index contributed by atoms with van der Waals surface area (Å²) in [5.41, 5.74) is 6.17. The molecule has 1 rings (SSSR count). The molecular weight excluding hydrogens is 310 g/mol. The summed E-state index contributed by atoms with van der Waals surface area (Å²) >= 11 is 3.35. The third-order valence-corrected chi connectivity index (χ3v) is 3.70. The molecule has 6 heteroatoms. The Balaban J connectivity index is 3.02. The molecule has 0 aromatic heterocycles. The molecule has 5 nitrogen and oxygen atoms in total. The van der Waals surface area contributed by atoms with Crippen LogP contribution in [-0.2, 0) is 0 Å². The van der Waals surface area contributed by atoms with Crippen molar-refractivity contribution in [1.29, 1.82) is 0 Å². The number of benzene rings is 1. The van der Waals surface area contributed by atoms with E-state index in [1.165, 1.54) is 0 Å². The highest BCUT2D eigenvalue weighted by Crippen LogP contribution is 2.17. The predicted molar refractivity (Wildman–Crippen MR) is 78.5 cm³/mol. The van der Waals surface area contributed by atoms with Crippen molar-refractivity contribution in [3.05, 3.63) is 33.8 Å². The van der Waals surface area contributed by atoms with Gasteiger partial charge >= 0.3 is 0 Å². The lowest BCUT2D eigenvalue weighted by Crippen LogP contribution is -2.55. The molecule has 0 saturated carbocycles. The van der Waals surface area contributed by atoms with Crippen LogP contribution >= 0.6 is 15.9 Å². The molecular formula is C13H18BrN3O2. The number of carbonyl (C=O) groups is 1. The van der Waals surface area contributed by atoms with Gasteiger partial charge in [0.05, 0.1) is 5.54 Å². The van der Waals surface area contributed by atoms with Crippen LogP contribution in [0.5, 0.6) is 0 Å². The first kappa shape index (κ1) is 15.5. The second kappa shape index (κ2) is 6.06. The molecule has 0 fully saturated rings. The summed E-state index contributed by atoms with van der Waals surface area (Å²) < 4.78 is 0.913. The molecule has 0 aliphatic carbocycles. The lowest BCUT2D eigenvalue weighted by atomic mass is 9.96. The molecule has 1 aromatic carbocycles. The van der Waals surface area contributed by atoms with Crippen LogP contribution in [0.4, 0.5) is 0 Å². The van der Waals surface area contributed by atoms with Crippen molar-refractivity contribution in [1.82, 2.24) is 5.32 Å². The molecule has 19 heavy (non-hydrogen) atoms. The Kier molecular flexibility index (Phi) is 4.94. The summed E-state index contributed by atoms with van der Waals surface area (Å²) in [7, 11) is 0. The molecule has 0 aliphatic rings. The first-order valence-corrected chi connectivity index (χ1v) is 6.70. The molecule has 0 bridgehead atoms. The van der Waals surface area contributed by atoms with Crippen molar-refractivity contribution in [2.75, 3.05) is 0 Å². The van der Waals surface area contributed by atoms with Gasteiger partial charge in [-0.05, 0) is 44.0 Å². The topological polar surface area (TPSA) is 87.7 Å². The number of halogens is 1. The van der Waals surface area contributed by atoms with E-state index in [2.05, 4.69) is 26.4 Å². The first-order valence-electron chi connectivity index (χ1n) is 5.90. The number of oxime groups is 1. The normalized spacial score (nSPS) is 14.8. The number of nitrogens with two attached hydrogens (primary N) is 1. The van der Waals surface area contributed by atoms with E-state index in [4.69, 9.17) is 10.9 Å². The van der Waals surface area contributed by atoms with Gasteiger partial charge in [-0.1, -0.05) is 28.0 Å². The molecule has 0 aliphatic heterocycles. The van der Waals surface area contributed by atoms with Crippen LogP contribution in [0.15, 0.2) is 27.8 Å². The van der Waals surface area contributed by atoms with Crippen molar-refractivity contribution < 1.29 is 10.0 Å². The van der Waals surface area contributed by atoms with Crippen molar-refractivity contribution in [3.63, 3.8) is 0 Å². The van der Waals surface area contributed by atoms with Crippen molar-refractivity contribution in [2.24, 2.45) is 10.9 Å². The average Bonchev–Trinajstić information content (AvgIpc) is 2.37. The number of amidine groups is 1. The molecule has 0 heterocycles. The Morgan fingerprint density at radius 3 is 2.68 bits per heavy atom. The number of nitrogens with zero attached hydrogens (tertiary/aromatic N) is 1. The lowest BCUT2D eigenvalue weighted by molar-refractivity contribution is 0.0924. The molecule has 104 valence electrons. The summed E-state index contributed by atoms with van der Waals surface area (Å²) in [6.45, 7) is 5.42. The number of amides is 1. The maximum Gasteiger partial charge on any atom is 0.252 e. The minimum Gasteiger partial charge on any atom is -0.409 e. The van der Waals surface area contributed by atoms with Gasteiger partial charge in [-0.25, -0.2) is 0 Å². The number of hydrogen-bond acceptors (Lipinski definition) is 3. The Morgan fingerprint density at radius 1 is 1.58 bits per heavy atom. The fraction of sp³-hybridized carbons (Fsp3) is 0.385. The zero-order valence-electron chi connectivity index (χ0n) is 11.2. The van der Waals surface area contributed by atoms with E-state index < -0.39 is 5.54 Å². The van der Waals surface area contributed by atoms with Gasteiger partial charge in [0.25, 0.3) is 5.91 Å². The predicted octanol–water partition coefficient (Wildman–Crippen LogP) is 2.40. The summed E-state index contributed by atoms with van der Waals surface area (Å²) in [6, 6.07) is 5.40. The Labute approximate surface area is 121 Å². The standard InChI is InChI=1S/C13H18BrN3O2/c1-4-13(3,12(15)17-19)16-11(18)10-6-5-9(14)7-8(10)2/h5-7,19H,4H2,1-3H3,(H2,15,17)(H,16,18). The minimum absolute atomic E-state index is 0.0156. The Morgan fingerprint density at radius 2 is 2.21 bits per heavy atom. The molecule has 1 atom stereocenters. The van der Waals surface area contributed by atoms with E-state index in [0.717, 1.165) is 10.0 Å². The van der Waals surface area contributed by atoms with Crippen molar-refractivity contribution >= 4 is 27.7 Å². The molecule has 4 N–H and O–H groups in total. The number of rotatable bonds is 4. The van der Waals surface area contributed by atoms with Gasteiger partial charge in [0.15, 0.2) is 5.84 Å². The highest BCUT2D eigenvalue weighted by molar-refractivity contribution is 9.10. The Bertz CT molecular complexity index is 517. The zero-order chi connectivity index (χ0) is 14.6. The van der Waals surface area contributed by atoms with Crippen LogP contribution in [0.1, 0.15) is 36.2 Å². The molecule has 0 saturated heterocycles.